The topological polar surface area (TPSA) is 50.4 Å². The molecule has 32 heavy (non-hydrogen) atoms. The Balaban J connectivity index is 1.94. The maximum Gasteiger partial charge on any atom is 0.0744 e. The van der Waals surface area contributed by atoms with Crippen molar-refractivity contribution in [2.75, 3.05) is 11.1 Å². The second-order valence-corrected chi connectivity index (χ2v) is 8.67. The van der Waals surface area contributed by atoms with Gasteiger partial charge in [-0.2, -0.15) is 0 Å². The van der Waals surface area contributed by atoms with E-state index in [-0.39, 0.29) is 12.1 Å². The predicted octanol–water partition coefficient (Wildman–Crippen LogP) is 7.58. The summed E-state index contributed by atoms with van der Waals surface area (Å²) in [5.41, 5.74) is 13.5. The molecule has 1 aliphatic heterocycles. The zero-order valence-electron chi connectivity index (χ0n) is 19.4. The lowest BCUT2D eigenvalue weighted by Gasteiger charge is -2.20. The van der Waals surface area contributed by atoms with Crippen LogP contribution in [-0.2, 0) is 0 Å². The molecule has 1 aliphatic rings. The molecule has 2 atom stereocenters. The molecule has 168 valence electrons. The summed E-state index contributed by atoms with van der Waals surface area (Å²) in [6.45, 7) is 10.5. The highest BCUT2D eigenvalue weighted by molar-refractivity contribution is 6.31. The van der Waals surface area contributed by atoms with Crippen molar-refractivity contribution >= 4 is 28.7 Å². The Kier molecular flexibility index (Phi) is 8.35. The van der Waals surface area contributed by atoms with Crippen molar-refractivity contribution in [1.29, 1.82) is 0 Å². The second kappa shape index (κ2) is 11.2. The molecule has 4 heteroatoms. The van der Waals surface area contributed by atoms with Crippen LogP contribution >= 0.6 is 11.6 Å². The average molecular weight is 448 g/mol. The molecule has 2 unspecified atom stereocenters. The molecule has 0 fully saturated rings. The van der Waals surface area contributed by atoms with E-state index in [9.17, 15) is 0 Å². The molecule has 1 heterocycles. The molecule has 0 radical (unpaired) electrons. The molecule has 3 rings (SSSR count). The summed E-state index contributed by atoms with van der Waals surface area (Å²) in [7, 11) is 0. The first-order valence-corrected chi connectivity index (χ1v) is 11.9. The number of hydrogen-bond acceptors (Lipinski definition) is 3. The maximum absolute atomic E-state index is 6.36. The van der Waals surface area contributed by atoms with Gasteiger partial charge in [-0.05, 0) is 74.1 Å². The lowest BCUT2D eigenvalue weighted by molar-refractivity contribution is 0.558. The van der Waals surface area contributed by atoms with E-state index < -0.39 is 0 Å². The number of aliphatic imine (C=N–C) groups is 1. The van der Waals surface area contributed by atoms with Crippen molar-refractivity contribution in [2.45, 2.75) is 58.5 Å². The minimum Gasteiger partial charge on any atom is -0.399 e. The van der Waals surface area contributed by atoms with Gasteiger partial charge in [-0.15, -0.1) is 0 Å². The SMILES string of the molecule is C=C/C=C(CC)\C(=C/CCC1N=C(c2ccc(N)cc2)c2cc(Cl)ccc2NC1C)CC. The zero-order chi connectivity index (χ0) is 23.1. The number of nitrogens with two attached hydrogens (primary N) is 1. The van der Waals surface area contributed by atoms with Crippen molar-refractivity contribution in [2.24, 2.45) is 4.99 Å². The fraction of sp³-hybridized carbons (Fsp3) is 0.321. The molecule has 0 saturated carbocycles. The van der Waals surface area contributed by atoms with E-state index in [1.165, 1.54) is 11.1 Å². The number of allylic oxidation sites excluding steroid dienone is 5. The van der Waals surface area contributed by atoms with Gasteiger partial charge in [-0.3, -0.25) is 4.99 Å². The summed E-state index contributed by atoms with van der Waals surface area (Å²) < 4.78 is 0. The standard InChI is InChI=1S/C28H34ClN3/c1-5-9-20(6-2)21(7-3)10-8-11-26-19(4)31-27-17-14-23(29)18-25(27)28(32-26)22-12-15-24(30)16-13-22/h5,9-10,12-19,26,31H,1,6-8,11,30H2,2-4H3/b20-9-,21-10-. The molecule has 3 nitrogen and oxygen atoms in total. The lowest BCUT2D eigenvalue weighted by atomic mass is 9.97. The van der Waals surface area contributed by atoms with Gasteiger partial charge in [0.2, 0.25) is 0 Å². The summed E-state index contributed by atoms with van der Waals surface area (Å²) >= 11 is 6.36. The fourth-order valence-electron chi connectivity index (χ4n) is 4.24. The Hall–Kier alpha value is -2.78. The van der Waals surface area contributed by atoms with E-state index in [0.717, 1.165) is 53.9 Å². The fourth-order valence-corrected chi connectivity index (χ4v) is 4.41. The Morgan fingerprint density at radius 1 is 1.12 bits per heavy atom. The summed E-state index contributed by atoms with van der Waals surface area (Å²) in [6, 6.07) is 14.2. The molecule has 0 amide bonds. The van der Waals surface area contributed by atoms with Crippen LogP contribution in [0.1, 0.15) is 57.6 Å². The van der Waals surface area contributed by atoms with Gasteiger partial charge in [0, 0.05) is 33.6 Å². The number of nitrogens with one attached hydrogen (secondary N) is 1. The van der Waals surface area contributed by atoms with Gasteiger partial charge in [-0.1, -0.05) is 62.4 Å². The van der Waals surface area contributed by atoms with Crippen molar-refractivity contribution in [3.8, 4) is 0 Å². The molecule has 0 aromatic heterocycles. The minimum absolute atomic E-state index is 0.136. The first-order chi connectivity index (χ1) is 15.5. The monoisotopic (exact) mass is 447 g/mol. The van der Waals surface area contributed by atoms with Gasteiger partial charge < -0.3 is 11.1 Å². The molecule has 0 spiro atoms. The first kappa shape index (κ1) is 23.9. The smallest absolute Gasteiger partial charge is 0.0744 e. The van der Waals surface area contributed by atoms with Crippen LogP contribution in [0.3, 0.4) is 0 Å². The van der Waals surface area contributed by atoms with Gasteiger partial charge in [0.15, 0.2) is 0 Å². The van der Waals surface area contributed by atoms with Gasteiger partial charge in [0.25, 0.3) is 0 Å². The molecule has 2 aromatic carbocycles. The molecule has 0 aliphatic carbocycles. The highest BCUT2D eigenvalue weighted by Crippen LogP contribution is 2.30. The number of benzodiazepines with no additional fused rings is 1. The van der Waals surface area contributed by atoms with E-state index in [4.69, 9.17) is 22.3 Å². The number of fused-ring (bicyclic) bond motifs is 1. The Morgan fingerprint density at radius 2 is 1.84 bits per heavy atom. The van der Waals surface area contributed by atoms with Crippen LogP contribution in [0.5, 0.6) is 0 Å². The number of halogens is 1. The largest absolute Gasteiger partial charge is 0.399 e. The molecule has 0 bridgehead atoms. The van der Waals surface area contributed by atoms with E-state index >= 15 is 0 Å². The van der Waals surface area contributed by atoms with E-state index in [0.29, 0.717) is 5.02 Å². The average Bonchev–Trinajstić information content (AvgIpc) is 2.92. The van der Waals surface area contributed by atoms with Crippen LogP contribution in [0.15, 0.2) is 83.4 Å². The number of hydrogen-bond donors (Lipinski definition) is 2. The molecule has 0 saturated heterocycles. The van der Waals surface area contributed by atoms with Crippen LogP contribution in [0, 0.1) is 0 Å². The van der Waals surface area contributed by atoms with E-state index in [1.54, 1.807) is 0 Å². The number of nitrogens with zero attached hydrogens (tertiary/aromatic N) is 1. The predicted molar refractivity (Wildman–Crippen MR) is 141 cm³/mol. The highest BCUT2D eigenvalue weighted by Gasteiger charge is 2.24. The van der Waals surface area contributed by atoms with Crippen LogP contribution in [0.2, 0.25) is 5.02 Å². The summed E-state index contributed by atoms with van der Waals surface area (Å²) in [5.74, 6) is 0. The number of benzene rings is 2. The quantitative estimate of drug-likeness (QED) is 0.323. The normalized spacial score (nSPS) is 18.9. The molecule has 2 aromatic rings. The third-order valence-electron chi connectivity index (χ3n) is 6.02. The summed E-state index contributed by atoms with van der Waals surface area (Å²) in [4.78, 5) is 5.26. The van der Waals surface area contributed by atoms with Gasteiger partial charge >= 0.3 is 0 Å². The third-order valence-corrected chi connectivity index (χ3v) is 6.26. The van der Waals surface area contributed by atoms with Crippen LogP contribution in [0.4, 0.5) is 11.4 Å². The lowest BCUT2D eigenvalue weighted by Crippen LogP contribution is -2.28. The molecule has 3 N–H and O–H groups in total. The summed E-state index contributed by atoms with van der Waals surface area (Å²) in [6.07, 6.45) is 10.4. The number of rotatable bonds is 8. The van der Waals surface area contributed by atoms with Crippen molar-refractivity contribution in [3.63, 3.8) is 0 Å². The second-order valence-electron chi connectivity index (χ2n) is 8.23. The Morgan fingerprint density at radius 3 is 2.50 bits per heavy atom. The van der Waals surface area contributed by atoms with E-state index in [1.807, 2.05) is 48.5 Å². The summed E-state index contributed by atoms with van der Waals surface area (Å²) in [5, 5.41) is 4.38. The van der Waals surface area contributed by atoms with Crippen LogP contribution < -0.4 is 11.1 Å². The first-order valence-electron chi connectivity index (χ1n) is 11.5. The minimum atomic E-state index is 0.136. The van der Waals surface area contributed by atoms with Gasteiger partial charge in [0.1, 0.15) is 0 Å². The molecular weight excluding hydrogens is 414 g/mol. The Labute approximate surface area is 197 Å². The zero-order valence-corrected chi connectivity index (χ0v) is 20.1. The maximum atomic E-state index is 6.36. The van der Waals surface area contributed by atoms with Gasteiger partial charge in [-0.25, -0.2) is 0 Å². The van der Waals surface area contributed by atoms with Crippen LogP contribution in [0.25, 0.3) is 0 Å². The molecular formula is C28H34ClN3. The van der Waals surface area contributed by atoms with Gasteiger partial charge in [0.05, 0.1) is 11.8 Å². The van der Waals surface area contributed by atoms with Crippen LogP contribution in [-0.4, -0.2) is 17.8 Å². The third kappa shape index (κ3) is 5.72. The van der Waals surface area contributed by atoms with Crippen molar-refractivity contribution in [1.82, 2.24) is 0 Å². The highest BCUT2D eigenvalue weighted by atomic mass is 35.5. The van der Waals surface area contributed by atoms with Crippen molar-refractivity contribution in [3.05, 3.63) is 94.6 Å². The number of nitrogen functional groups attached to an aromatic ring is 1. The Bertz CT molecular complexity index is 1030. The van der Waals surface area contributed by atoms with Crippen molar-refractivity contribution < 1.29 is 0 Å². The number of anilines is 2. The van der Waals surface area contributed by atoms with E-state index in [2.05, 4.69) is 44.8 Å².